The Morgan fingerprint density at radius 2 is 2.22 bits per heavy atom. The predicted molar refractivity (Wildman–Crippen MR) is 78.0 cm³/mol. The van der Waals surface area contributed by atoms with E-state index < -0.39 is 0 Å². The largest absolute Gasteiger partial charge is 0.394 e. The summed E-state index contributed by atoms with van der Waals surface area (Å²) in [5.74, 6) is 0. The van der Waals surface area contributed by atoms with Gasteiger partial charge in [-0.05, 0) is 30.7 Å². The van der Waals surface area contributed by atoms with Gasteiger partial charge in [-0.2, -0.15) is 0 Å². The molecule has 5 heteroatoms. The van der Waals surface area contributed by atoms with Gasteiger partial charge in [0.1, 0.15) is 0 Å². The van der Waals surface area contributed by atoms with Gasteiger partial charge in [0.15, 0.2) is 0 Å². The van der Waals surface area contributed by atoms with Gasteiger partial charge in [-0.15, -0.1) is 0 Å². The second-order valence-corrected chi connectivity index (χ2v) is 5.79. The lowest BCUT2D eigenvalue weighted by Gasteiger charge is -2.30. The number of aliphatic hydroxyl groups excluding tert-OH is 1. The second-order valence-electron chi connectivity index (χ2n) is 4.50. The Labute approximate surface area is 121 Å². The van der Waals surface area contributed by atoms with E-state index in [-0.39, 0.29) is 12.6 Å². The second kappa shape index (κ2) is 6.87. The minimum atomic E-state index is 0.0385. The van der Waals surface area contributed by atoms with Gasteiger partial charge in [0.2, 0.25) is 0 Å². The van der Waals surface area contributed by atoms with Gasteiger partial charge < -0.3 is 10.4 Å². The summed E-state index contributed by atoms with van der Waals surface area (Å²) in [6.45, 7) is 4.12. The molecule has 1 aliphatic rings. The van der Waals surface area contributed by atoms with Crippen molar-refractivity contribution in [2.24, 2.45) is 0 Å². The third kappa shape index (κ3) is 3.45. The monoisotopic (exact) mass is 332 g/mol. The van der Waals surface area contributed by atoms with Gasteiger partial charge in [0.05, 0.1) is 12.6 Å². The molecule has 0 aromatic heterocycles. The SMILES string of the molecule is OCC(c1ccc(Cl)cc1Br)N1CCCNCC1. The molecule has 0 aliphatic carbocycles. The molecule has 0 spiro atoms. The standard InChI is InChI=1S/C13H18BrClN2O/c14-12-8-10(15)2-3-11(12)13(9-18)17-6-1-4-16-5-7-17/h2-3,8,13,16,18H,1,4-7,9H2. The van der Waals surface area contributed by atoms with Crippen molar-refractivity contribution in [3.05, 3.63) is 33.3 Å². The lowest BCUT2D eigenvalue weighted by atomic mass is 10.1. The molecule has 1 heterocycles. The van der Waals surface area contributed by atoms with Crippen LogP contribution in [0, 0.1) is 0 Å². The first-order valence-corrected chi connectivity index (χ1v) is 7.40. The van der Waals surface area contributed by atoms with Crippen molar-refractivity contribution in [1.82, 2.24) is 10.2 Å². The van der Waals surface area contributed by atoms with E-state index in [1.54, 1.807) is 0 Å². The normalized spacial score (nSPS) is 19.5. The van der Waals surface area contributed by atoms with Crippen LogP contribution in [0.1, 0.15) is 18.0 Å². The molecule has 2 N–H and O–H groups in total. The first-order valence-electron chi connectivity index (χ1n) is 6.23. The fourth-order valence-corrected chi connectivity index (χ4v) is 3.31. The van der Waals surface area contributed by atoms with Crippen molar-refractivity contribution in [2.75, 3.05) is 32.8 Å². The maximum Gasteiger partial charge on any atom is 0.0629 e. The van der Waals surface area contributed by atoms with E-state index in [9.17, 15) is 5.11 Å². The average molecular weight is 334 g/mol. The van der Waals surface area contributed by atoms with Crippen LogP contribution in [0.4, 0.5) is 0 Å². The summed E-state index contributed by atoms with van der Waals surface area (Å²) in [5, 5.41) is 13.8. The molecule has 1 atom stereocenters. The number of rotatable bonds is 3. The molecule has 1 aromatic rings. The highest BCUT2D eigenvalue weighted by Gasteiger charge is 2.22. The van der Waals surface area contributed by atoms with E-state index in [1.165, 1.54) is 0 Å². The summed E-state index contributed by atoms with van der Waals surface area (Å²) in [7, 11) is 0. The van der Waals surface area contributed by atoms with Crippen molar-refractivity contribution < 1.29 is 5.11 Å². The Morgan fingerprint density at radius 1 is 1.39 bits per heavy atom. The zero-order chi connectivity index (χ0) is 13.0. The van der Waals surface area contributed by atoms with Crippen LogP contribution in [-0.4, -0.2) is 42.8 Å². The van der Waals surface area contributed by atoms with Gasteiger partial charge in [-0.3, -0.25) is 4.90 Å². The molecule has 2 rings (SSSR count). The van der Waals surface area contributed by atoms with Crippen LogP contribution in [0.3, 0.4) is 0 Å². The smallest absolute Gasteiger partial charge is 0.0629 e. The van der Waals surface area contributed by atoms with Crippen LogP contribution in [-0.2, 0) is 0 Å². The quantitative estimate of drug-likeness (QED) is 0.892. The molecule has 0 saturated carbocycles. The van der Waals surface area contributed by atoms with E-state index in [4.69, 9.17) is 11.6 Å². The molecule has 1 aliphatic heterocycles. The summed E-state index contributed by atoms with van der Waals surface area (Å²) < 4.78 is 0.964. The number of nitrogens with one attached hydrogen (secondary N) is 1. The first-order chi connectivity index (χ1) is 8.72. The highest BCUT2D eigenvalue weighted by molar-refractivity contribution is 9.10. The van der Waals surface area contributed by atoms with Gasteiger partial charge in [0, 0.05) is 29.1 Å². The summed E-state index contributed by atoms with van der Waals surface area (Å²) in [6.07, 6.45) is 1.11. The third-order valence-electron chi connectivity index (χ3n) is 3.31. The number of halogens is 2. The summed E-state index contributed by atoms with van der Waals surface area (Å²) in [5.41, 5.74) is 1.10. The zero-order valence-corrected chi connectivity index (χ0v) is 12.5. The van der Waals surface area contributed by atoms with E-state index in [0.29, 0.717) is 5.02 Å². The number of benzene rings is 1. The summed E-state index contributed by atoms with van der Waals surface area (Å²) in [6, 6.07) is 5.79. The molecule has 1 unspecified atom stereocenters. The third-order valence-corrected chi connectivity index (χ3v) is 4.23. The molecule has 1 fully saturated rings. The summed E-state index contributed by atoms with van der Waals surface area (Å²) >= 11 is 9.50. The fourth-order valence-electron chi connectivity index (χ4n) is 2.36. The molecule has 0 amide bonds. The molecule has 1 aromatic carbocycles. The number of hydrogen-bond acceptors (Lipinski definition) is 3. The highest BCUT2D eigenvalue weighted by Crippen LogP contribution is 2.30. The van der Waals surface area contributed by atoms with Crippen LogP contribution in [0.25, 0.3) is 0 Å². The van der Waals surface area contributed by atoms with Gasteiger partial charge >= 0.3 is 0 Å². The topological polar surface area (TPSA) is 35.5 Å². The van der Waals surface area contributed by atoms with Crippen molar-refractivity contribution in [2.45, 2.75) is 12.5 Å². The fraction of sp³-hybridized carbons (Fsp3) is 0.538. The lowest BCUT2D eigenvalue weighted by molar-refractivity contribution is 0.129. The molecule has 100 valence electrons. The van der Waals surface area contributed by atoms with E-state index in [1.807, 2.05) is 18.2 Å². The lowest BCUT2D eigenvalue weighted by Crippen LogP contribution is -2.34. The minimum Gasteiger partial charge on any atom is -0.394 e. The maximum atomic E-state index is 9.70. The van der Waals surface area contributed by atoms with Gasteiger partial charge in [-0.25, -0.2) is 0 Å². The average Bonchev–Trinajstić information content (AvgIpc) is 2.62. The molecule has 0 radical (unpaired) electrons. The van der Waals surface area contributed by atoms with Crippen LogP contribution in [0.15, 0.2) is 22.7 Å². The van der Waals surface area contributed by atoms with Crippen LogP contribution in [0.5, 0.6) is 0 Å². The maximum absolute atomic E-state index is 9.70. The Hall–Kier alpha value is -0.130. The Morgan fingerprint density at radius 3 is 2.94 bits per heavy atom. The molecule has 1 saturated heterocycles. The van der Waals surface area contributed by atoms with Crippen LogP contribution in [0.2, 0.25) is 5.02 Å². The molecule has 0 bridgehead atoms. The first kappa shape index (κ1) is 14.3. The van der Waals surface area contributed by atoms with Crippen molar-refractivity contribution >= 4 is 27.5 Å². The Bertz CT molecular complexity index is 395. The van der Waals surface area contributed by atoms with Crippen molar-refractivity contribution in [1.29, 1.82) is 0 Å². The van der Waals surface area contributed by atoms with E-state index >= 15 is 0 Å². The number of aliphatic hydroxyl groups is 1. The molecular weight excluding hydrogens is 316 g/mol. The minimum absolute atomic E-state index is 0.0385. The number of hydrogen-bond donors (Lipinski definition) is 2. The molecular formula is C13H18BrClN2O. The van der Waals surface area contributed by atoms with E-state index in [0.717, 1.165) is 42.6 Å². The Balaban J connectivity index is 2.20. The van der Waals surface area contributed by atoms with Crippen LogP contribution < -0.4 is 5.32 Å². The number of nitrogens with zero attached hydrogens (tertiary/aromatic N) is 1. The highest BCUT2D eigenvalue weighted by atomic mass is 79.9. The van der Waals surface area contributed by atoms with Crippen molar-refractivity contribution in [3.63, 3.8) is 0 Å². The zero-order valence-electron chi connectivity index (χ0n) is 10.2. The van der Waals surface area contributed by atoms with Gasteiger partial charge in [-0.1, -0.05) is 33.6 Å². The molecule has 3 nitrogen and oxygen atoms in total. The van der Waals surface area contributed by atoms with Gasteiger partial charge in [0.25, 0.3) is 0 Å². The predicted octanol–water partition coefficient (Wildman–Crippen LogP) is 2.43. The summed E-state index contributed by atoms with van der Waals surface area (Å²) in [4.78, 5) is 2.33. The van der Waals surface area contributed by atoms with Crippen LogP contribution >= 0.6 is 27.5 Å². The van der Waals surface area contributed by atoms with E-state index in [2.05, 4.69) is 26.1 Å². The van der Waals surface area contributed by atoms with Crippen molar-refractivity contribution in [3.8, 4) is 0 Å². The Kier molecular flexibility index (Phi) is 5.45. The molecule has 18 heavy (non-hydrogen) atoms.